The van der Waals surface area contributed by atoms with E-state index in [0.717, 1.165) is 23.0 Å². The van der Waals surface area contributed by atoms with Gasteiger partial charge in [-0.05, 0) is 53.2 Å². The van der Waals surface area contributed by atoms with Crippen molar-refractivity contribution in [3.05, 3.63) is 15.9 Å². The average molecular weight is 403 g/mol. The Bertz CT molecular complexity index is 486. The molecule has 2 unspecified atom stereocenters. The molecule has 1 aromatic rings. The number of halogens is 2. The standard InChI is InChI=1S/C10H13Br2NO2S2/c11-8-2-1-7(5-8)6-13-17(14,15)10-4-3-9(12)16-10/h3-4,7-8,13H,1-2,5-6H2. The molecule has 2 atom stereocenters. The lowest BCUT2D eigenvalue weighted by atomic mass is 10.1. The summed E-state index contributed by atoms with van der Waals surface area (Å²) in [5, 5.41) is 0. The van der Waals surface area contributed by atoms with Crippen molar-refractivity contribution >= 4 is 53.2 Å². The van der Waals surface area contributed by atoms with E-state index in [4.69, 9.17) is 0 Å². The Morgan fingerprint density at radius 2 is 2.18 bits per heavy atom. The molecule has 1 aromatic heterocycles. The molecule has 0 aliphatic heterocycles. The Labute approximate surface area is 122 Å². The molecular weight excluding hydrogens is 390 g/mol. The smallest absolute Gasteiger partial charge is 0.210 e. The van der Waals surface area contributed by atoms with Gasteiger partial charge in [-0.3, -0.25) is 0 Å². The Balaban J connectivity index is 1.94. The van der Waals surface area contributed by atoms with E-state index in [1.165, 1.54) is 11.3 Å². The van der Waals surface area contributed by atoms with Gasteiger partial charge in [0.1, 0.15) is 4.21 Å². The van der Waals surface area contributed by atoms with Gasteiger partial charge in [-0.1, -0.05) is 15.9 Å². The molecular formula is C10H13Br2NO2S2. The molecule has 0 amide bonds. The summed E-state index contributed by atoms with van der Waals surface area (Å²) in [6, 6.07) is 3.38. The van der Waals surface area contributed by atoms with E-state index in [9.17, 15) is 8.42 Å². The van der Waals surface area contributed by atoms with Gasteiger partial charge in [0.2, 0.25) is 10.0 Å². The second kappa shape index (κ2) is 5.69. The summed E-state index contributed by atoms with van der Waals surface area (Å²) >= 11 is 8.07. The van der Waals surface area contributed by atoms with Gasteiger partial charge in [0, 0.05) is 11.4 Å². The highest BCUT2D eigenvalue weighted by Crippen LogP contribution is 2.31. The highest BCUT2D eigenvalue weighted by molar-refractivity contribution is 9.11. The van der Waals surface area contributed by atoms with E-state index in [0.29, 0.717) is 21.5 Å². The van der Waals surface area contributed by atoms with Crippen LogP contribution >= 0.6 is 43.2 Å². The minimum absolute atomic E-state index is 0.373. The molecule has 1 fully saturated rings. The average Bonchev–Trinajstić information content (AvgIpc) is 2.85. The normalized spacial score (nSPS) is 25.3. The van der Waals surface area contributed by atoms with Crippen molar-refractivity contribution in [3.63, 3.8) is 0 Å². The fourth-order valence-corrected chi connectivity index (χ4v) is 5.90. The lowest BCUT2D eigenvalue weighted by Gasteiger charge is -2.10. The van der Waals surface area contributed by atoms with Crippen LogP contribution in [0.4, 0.5) is 0 Å². The van der Waals surface area contributed by atoms with Crippen LogP contribution in [-0.2, 0) is 10.0 Å². The van der Waals surface area contributed by atoms with Crippen molar-refractivity contribution in [1.29, 1.82) is 0 Å². The van der Waals surface area contributed by atoms with Crippen LogP contribution in [0.5, 0.6) is 0 Å². The number of hydrogen-bond donors (Lipinski definition) is 1. The summed E-state index contributed by atoms with van der Waals surface area (Å²) in [7, 11) is -3.32. The Morgan fingerprint density at radius 1 is 1.41 bits per heavy atom. The van der Waals surface area contributed by atoms with Gasteiger partial charge in [-0.2, -0.15) is 0 Å². The highest BCUT2D eigenvalue weighted by Gasteiger charge is 2.25. The fraction of sp³-hybridized carbons (Fsp3) is 0.600. The topological polar surface area (TPSA) is 46.2 Å². The molecule has 1 aliphatic carbocycles. The van der Waals surface area contributed by atoms with Crippen molar-refractivity contribution in [3.8, 4) is 0 Å². The summed E-state index contributed by atoms with van der Waals surface area (Å²) in [6.07, 6.45) is 3.28. The zero-order valence-electron chi connectivity index (χ0n) is 9.03. The quantitative estimate of drug-likeness (QED) is 0.785. The molecule has 0 radical (unpaired) electrons. The predicted octanol–water partition coefficient (Wildman–Crippen LogP) is 3.35. The first-order chi connectivity index (χ1) is 7.97. The van der Waals surface area contributed by atoms with Crippen molar-refractivity contribution < 1.29 is 8.42 Å². The summed E-state index contributed by atoms with van der Waals surface area (Å²) in [5.74, 6) is 0.456. The maximum Gasteiger partial charge on any atom is 0.250 e. The largest absolute Gasteiger partial charge is 0.250 e. The molecule has 1 heterocycles. The second-order valence-corrected chi connectivity index (χ2v) is 9.94. The molecule has 1 N–H and O–H groups in total. The molecule has 1 aliphatic rings. The van der Waals surface area contributed by atoms with Gasteiger partial charge in [0.25, 0.3) is 0 Å². The van der Waals surface area contributed by atoms with E-state index in [1.54, 1.807) is 12.1 Å². The second-order valence-electron chi connectivity index (χ2n) is 4.19. The van der Waals surface area contributed by atoms with Crippen LogP contribution in [0.3, 0.4) is 0 Å². The predicted molar refractivity (Wildman–Crippen MR) is 77.3 cm³/mol. The highest BCUT2D eigenvalue weighted by atomic mass is 79.9. The van der Waals surface area contributed by atoms with Gasteiger partial charge >= 0.3 is 0 Å². The Kier molecular flexibility index (Phi) is 4.68. The van der Waals surface area contributed by atoms with Crippen molar-refractivity contribution in [2.45, 2.75) is 28.3 Å². The van der Waals surface area contributed by atoms with Gasteiger partial charge in [0.05, 0.1) is 3.79 Å². The Hall–Kier alpha value is 0.570. The monoisotopic (exact) mass is 401 g/mol. The van der Waals surface area contributed by atoms with Gasteiger partial charge in [-0.15, -0.1) is 11.3 Å². The zero-order chi connectivity index (χ0) is 12.5. The fourth-order valence-electron chi connectivity index (χ4n) is 1.94. The van der Waals surface area contributed by atoms with Gasteiger partial charge < -0.3 is 0 Å². The molecule has 7 heteroatoms. The third-order valence-corrected chi connectivity index (χ3v) is 7.22. The van der Waals surface area contributed by atoms with Crippen LogP contribution in [0.2, 0.25) is 0 Å². The Morgan fingerprint density at radius 3 is 2.71 bits per heavy atom. The SMILES string of the molecule is O=S(=O)(NCC1CCC(Br)C1)c1ccc(Br)s1. The molecule has 0 aromatic carbocycles. The van der Waals surface area contributed by atoms with Crippen molar-refractivity contribution in [2.24, 2.45) is 5.92 Å². The molecule has 17 heavy (non-hydrogen) atoms. The van der Waals surface area contributed by atoms with Crippen LogP contribution in [0.15, 0.2) is 20.1 Å². The molecule has 0 saturated heterocycles. The van der Waals surface area contributed by atoms with E-state index < -0.39 is 10.0 Å². The van der Waals surface area contributed by atoms with E-state index in [-0.39, 0.29) is 0 Å². The number of thiophene rings is 1. The minimum Gasteiger partial charge on any atom is -0.210 e. The van der Waals surface area contributed by atoms with Crippen molar-refractivity contribution in [1.82, 2.24) is 4.72 Å². The first-order valence-corrected chi connectivity index (χ1v) is 9.37. The lowest BCUT2D eigenvalue weighted by molar-refractivity contribution is 0.521. The molecule has 0 bridgehead atoms. The number of sulfonamides is 1. The lowest BCUT2D eigenvalue weighted by Crippen LogP contribution is -2.28. The zero-order valence-corrected chi connectivity index (χ0v) is 13.8. The first kappa shape index (κ1) is 14.0. The van der Waals surface area contributed by atoms with E-state index >= 15 is 0 Å². The van der Waals surface area contributed by atoms with Gasteiger partial charge in [0.15, 0.2) is 0 Å². The molecule has 3 nitrogen and oxygen atoms in total. The molecule has 2 rings (SSSR count). The molecule has 1 saturated carbocycles. The first-order valence-electron chi connectivity index (χ1n) is 5.36. The molecule has 96 valence electrons. The van der Waals surface area contributed by atoms with Crippen LogP contribution in [0.1, 0.15) is 19.3 Å². The summed E-state index contributed by atoms with van der Waals surface area (Å²) in [4.78, 5) is 0.549. The number of alkyl halides is 1. The maximum atomic E-state index is 12.0. The third-order valence-electron chi connectivity index (χ3n) is 2.85. The molecule has 0 spiro atoms. The van der Waals surface area contributed by atoms with Crippen LogP contribution in [0.25, 0.3) is 0 Å². The summed E-state index contributed by atoms with van der Waals surface area (Å²) < 4.78 is 27.8. The van der Waals surface area contributed by atoms with E-state index in [2.05, 4.69) is 36.6 Å². The van der Waals surface area contributed by atoms with Crippen molar-refractivity contribution in [2.75, 3.05) is 6.54 Å². The number of nitrogens with one attached hydrogen (secondary N) is 1. The third kappa shape index (κ3) is 3.76. The minimum atomic E-state index is -3.32. The van der Waals surface area contributed by atoms with Crippen LogP contribution in [0, 0.1) is 5.92 Å². The summed E-state index contributed by atoms with van der Waals surface area (Å²) in [6.45, 7) is 0.542. The number of rotatable bonds is 4. The van der Waals surface area contributed by atoms with Crippen LogP contribution < -0.4 is 4.72 Å². The maximum absolute atomic E-state index is 12.0. The number of hydrogen-bond acceptors (Lipinski definition) is 3. The van der Waals surface area contributed by atoms with E-state index in [1.807, 2.05) is 0 Å². The van der Waals surface area contributed by atoms with Crippen LogP contribution in [-0.4, -0.2) is 19.8 Å². The summed E-state index contributed by atoms with van der Waals surface area (Å²) in [5.41, 5.74) is 0. The van der Waals surface area contributed by atoms with Gasteiger partial charge in [-0.25, -0.2) is 13.1 Å².